The molecule has 3 amide bonds. The van der Waals surface area contributed by atoms with Crippen molar-refractivity contribution in [2.45, 2.75) is 25.7 Å². The smallest absolute Gasteiger partial charge is 0.244 e. The van der Waals surface area contributed by atoms with Crippen LogP contribution in [-0.4, -0.2) is 29.2 Å². The van der Waals surface area contributed by atoms with E-state index in [4.69, 9.17) is 0 Å². The first-order valence-corrected chi connectivity index (χ1v) is 7.47. The van der Waals surface area contributed by atoms with Crippen molar-refractivity contribution in [3.05, 3.63) is 30.1 Å². The van der Waals surface area contributed by atoms with Crippen LogP contribution in [0.5, 0.6) is 0 Å². The molecule has 1 aliphatic carbocycles. The number of benzene rings is 1. The second-order valence-corrected chi connectivity index (χ2v) is 5.82. The zero-order valence-corrected chi connectivity index (χ0v) is 12.0. The second-order valence-electron chi connectivity index (χ2n) is 5.82. The van der Waals surface area contributed by atoms with Gasteiger partial charge in [-0.1, -0.05) is 18.9 Å². The van der Waals surface area contributed by atoms with Crippen LogP contribution in [0.15, 0.2) is 24.3 Å². The van der Waals surface area contributed by atoms with Crippen LogP contribution in [0.3, 0.4) is 0 Å². The Morgan fingerprint density at radius 1 is 1.18 bits per heavy atom. The lowest BCUT2D eigenvalue weighted by Gasteiger charge is -2.19. The number of rotatable bonds is 3. The van der Waals surface area contributed by atoms with Crippen LogP contribution in [-0.2, 0) is 14.4 Å². The lowest BCUT2D eigenvalue weighted by Crippen LogP contribution is -2.38. The molecule has 1 aliphatic heterocycles. The number of likely N-dealkylation sites (tertiary alicyclic amines) is 1. The average molecular weight is 304 g/mol. The fraction of sp³-hybridized carbons (Fsp3) is 0.438. The first kappa shape index (κ1) is 14.7. The minimum absolute atomic E-state index is 0.246. The third-order valence-corrected chi connectivity index (χ3v) is 4.34. The highest BCUT2D eigenvalue weighted by atomic mass is 19.1. The second kappa shape index (κ2) is 5.87. The molecular formula is C16H17FN2O3. The fourth-order valence-corrected chi connectivity index (χ4v) is 3.30. The van der Waals surface area contributed by atoms with Crippen molar-refractivity contribution in [2.75, 3.05) is 11.9 Å². The van der Waals surface area contributed by atoms with Crippen molar-refractivity contribution in [1.82, 2.24) is 4.90 Å². The van der Waals surface area contributed by atoms with Crippen molar-refractivity contribution < 1.29 is 18.8 Å². The van der Waals surface area contributed by atoms with E-state index in [0.717, 1.165) is 30.6 Å². The summed E-state index contributed by atoms with van der Waals surface area (Å²) in [6.07, 6.45) is 3.33. The van der Waals surface area contributed by atoms with Gasteiger partial charge in [-0.05, 0) is 31.0 Å². The van der Waals surface area contributed by atoms with Crippen LogP contribution in [0.2, 0.25) is 0 Å². The van der Waals surface area contributed by atoms with Crippen LogP contribution in [0.1, 0.15) is 25.7 Å². The molecule has 0 aromatic heterocycles. The molecule has 1 heterocycles. The Morgan fingerprint density at radius 3 is 2.41 bits per heavy atom. The summed E-state index contributed by atoms with van der Waals surface area (Å²) in [5.41, 5.74) is 0.307. The molecule has 1 N–H and O–H groups in total. The third kappa shape index (κ3) is 2.73. The number of hydrogen-bond acceptors (Lipinski definition) is 3. The van der Waals surface area contributed by atoms with Crippen molar-refractivity contribution in [3.8, 4) is 0 Å². The van der Waals surface area contributed by atoms with Crippen molar-refractivity contribution >= 4 is 23.4 Å². The van der Waals surface area contributed by atoms with E-state index in [2.05, 4.69) is 5.32 Å². The molecule has 0 spiro atoms. The minimum Gasteiger partial charge on any atom is -0.324 e. The fourth-order valence-electron chi connectivity index (χ4n) is 3.30. The largest absolute Gasteiger partial charge is 0.324 e. The number of fused-ring (bicyclic) bond motifs is 1. The van der Waals surface area contributed by atoms with E-state index in [9.17, 15) is 18.8 Å². The van der Waals surface area contributed by atoms with Gasteiger partial charge in [-0.25, -0.2) is 4.39 Å². The van der Waals surface area contributed by atoms with Gasteiger partial charge < -0.3 is 5.32 Å². The number of halogens is 1. The molecule has 3 rings (SSSR count). The molecule has 0 unspecified atom stereocenters. The number of nitrogens with zero attached hydrogens (tertiary/aromatic N) is 1. The zero-order chi connectivity index (χ0) is 15.7. The van der Waals surface area contributed by atoms with Crippen molar-refractivity contribution in [2.24, 2.45) is 11.8 Å². The molecule has 6 heteroatoms. The Kier molecular flexibility index (Phi) is 3.92. The van der Waals surface area contributed by atoms with E-state index in [1.54, 1.807) is 6.07 Å². The van der Waals surface area contributed by atoms with Gasteiger partial charge in [-0.15, -0.1) is 0 Å². The quantitative estimate of drug-likeness (QED) is 0.868. The van der Waals surface area contributed by atoms with Gasteiger partial charge in [0.25, 0.3) is 0 Å². The first-order chi connectivity index (χ1) is 10.6. The Balaban J connectivity index is 1.66. The number of amides is 3. The van der Waals surface area contributed by atoms with Crippen LogP contribution < -0.4 is 5.32 Å². The van der Waals surface area contributed by atoms with Crippen molar-refractivity contribution in [1.29, 1.82) is 0 Å². The number of anilines is 1. The van der Waals surface area contributed by atoms with E-state index in [1.807, 2.05) is 0 Å². The molecule has 1 aromatic carbocycles. The van der Waals surface area contributed by atoms with E-state index >= 15 is 0 Å². The molecule has 0 bridgehead atoms. The molecule has 1 saturated carbocycles. The van der Waals surface area contributed by atoms with Gasteiger partial charge in [0.15, 0.2) is 0 Å². The van der Waals surface area contributed by atoms with E-state index < -0.39 is 11.7 Å². The highest BCUT2D eigenvalue weighted by Gasteiger charge is 2.48. The molecule has 2 fully saturated rings. The SMILES string of the molecule is O=C(CN1C(=O)[C@H]2CCCC[C@@H]2C1=O)Nc1cccc(F)c1. The number of nitrogens with one attached hydrogen (secondary N) is 1. The summed E-state index contributed by atoms with van der Waals surface area (Å²) in [5.74, 6) is -1.97. The molecule has 22 heavy (non-hydrogen) atoms. The van der Waals surface area contributed by atoms with E-state index in [0.29, 0.717) is 5.69 Å². The third-order valence-electron chi connectivity index (χ3n) is 4.34. The van der Waals surface area contributed by atoms with Crippen LogP contribution in [0.25, 0.3) is 0 Å². The zero-order valence-electron chi connectivity index (χ0n) is 12.0. The van der Waals surface area contributed by atoms with Crippen LogP contribution in [0.4, 0.5) is 10.1 Å². The molecule has 116 valence electrons. The molecule has 1 saturated heterocycles. The Hall–Kier alpha value is -2.24. The number of carbonyl (C=O) groups excluding carboxylic acids is 3. The van der Waals surface area contributed by atoms with Gasteiger partial charge >= 0.3 is 0 Å². The number of hydrogen-bond donors (Lipinski definition) is 1. The summed E-state index contributed by atoms with van der Waals surface area (Å²) in [4.78, 5) is 37.6. The number of imide groups is 1. The van der Waals surface area contributed by atoms with Gasteiger partial charge in [0.1, 0.15) is 12.4 Å². The van der Waals surface area contributed by atoms with Gasteiger partial charge in [0, 0.05) is 5.69 Å². The lowest BCUT2D eigenvalue weighted by molar-refractivity contribution is -0.142. The molecule has 5 nitrogen and oxygen atoms in total. The minimum atomic E-state index is -0.494. The van der Waals surface area contributed by atoms with Gasteiger partial charge in [0.2, 0.25) is 17.7 Å². The summed E-state index contributed by atoms with van der Waals surface area (Å²) in [7, 11) is 0. The van der Waals surface area contributed by atoms with Gasteiger partial charge in [0.05, 0.1) is 11.8 Å². The topological polar surface area (TPSA) is 66.5 Å². The lowest BCUT2D eigenvalue weighted by atomic mass is 9.81. The van der Waals surface area contributed by atoms with Gasteiger partial charge in [-0.3, -0.25) is 19.3 Å². The standard InChI is InChI=1S/C16H17FN2O3/c17-10-4-3-5-11(8-10)18-14(20)9-19-15(21)12-6-1-2-7-13(12)16(19)22/h3-5,8,12-13H,1-2,6-7,9H2,(H,18,20)/t12-,13-/m0/s1. The summed E-state index contributed by atoms with van der Waals surface area (Å²) >= 11 is 0. The van der Waals surface area contributed by atoms with Crippen molar-refractivity contribution in [3.63, 3.8) is 0 Å². The molecular weight excluding hydrogens is 287 g/mol. The molecule has 0 radical (unpaired) electrons. The molecule has 2 aliphatic rings. The van der Waals surface area contributed by atoms with Crippen LogP contribution >= 0.6 is 0 Å². The predicted molar refractivity (Wildman–Crippen MR) is 77.2 cm³/mol. The summed E-state index contributed by atoms with van der Waals surface area (Å²) in [5, 5.41) is 2.51. The van der Waals surface area contributed by atoms with E-state index in [1.165, 1.54) is 18.2 Å². The van der Waals surface area contributed by atoms with Crippen LogP contribution in [0, 0.1) is 17.7 Å². The maximum Gasteiger partial charge on any atom is 0.244 e. The Bertz CT molecular complexity index is 608. The summed E-state index contributed by atoms with van der Waals surface area (Å²) in [6, 6.07) is 5.49. The maximum absolute atomic E-state index is 13.1. The molecule has 1 aromatic rings. The van der Waals surface area contributed by atoms with E-state index in [-0.39, 0.29) is 30.2 Å². The Labute approximate surface area is 127 Å². The molecule has 2 atom stereocenters. The highest BCUT2D eigenvalue weighted by molar-refractivity contribution is 6.08. The first-order valence-electron chi connectivity index (χ1n) is 7.47. The Morgan fingerprint density at radius 2 is 1.82 bits per heavy atom. The monoisotopic (exact) mass is 304 g/mol. The predicted octanol–water partition coefficient (Wildman–Crippen LogP) is 1.94. The summed E-state index contributed by atoms with van der Waals surface area (Å²) < 4.78 is 13.1. The maximum atomic E-state index is 13.1. The number of carbonyl (C=O) groups is 3. The average Bonchev–Trinajstić information content (AvgIpc) is 2.73. The normalized spacial score (nSPS) is 24.3. The summed E-state index contributed by atoms with van der Waals surface area (Å²) in [6.45, 7) is -0.304. The highest BCUT2D eigenvalue weighted by Crippen LogP contribution is 2.37. The van der Waals surface area contributed by atoms with Gasteiger partial charge in [-0.2, -0.15) is 0 Å².